The Morgan fingerprint density at radius 1 is 1.09 bits per heavy atom. The van der Waals surface area contributed by atoms with E-state index in [0.717, 1.165) is 0 Å². The van der Waals surface area contributed by atoms with Crippen molar-refractivity contribution >= 4 is 17.5 Å². The largest absolute Gasteiger partial charge is 0.405 e. The van der Waals surface area contributed by atoms with E-state index in [1.807, 2.05) is 0 Å². The molecule has 0 atom stereocenters. The summed E-state index contributed by atoms with van der Waals surface area (Å²) in [6.45, 7) is -1.97. The van der Waals surface area contributed by atoms with Crippen molar-refractivity contribution in [1.82, 2.24) is 10.2 Å². The zero-order chi connectivity index (χ0) is 16.8. The zero-order valence-corrected chi connectivity index (χ0v) is 11.7. The van der Waals surface area contributed by atoms with E-state index in [-0.39, 0.29) is 13.1 Å². The summed E-state index contributed by atoms with van der Waals surface area (Å²) in [6.07, 6.45) is -4.48. The van der Waals surface area contributed by atoms with Gasteiger partial charge in [-0.2, -0.15) is 13.2 Å². The van der Waals surface area contributed by atoms with Crippen LogP contribution in [0.4, 0.5) is 23.2 Å². The number of rotatable bonds is 6. The number of alkyl halides is 3. The standard InChI is InChI=1S/C13H15F4N3O2/c1-20(6-11(21)18-8-13(15,16)17)7-12(22)19-10-4-2-9(14)3-5-10/h2-5H,6-8H2,1H3,(H,18,21)(H,19,22). The van der Waals surface area contributed by atoms with E-state index in [4.69, 9.17) is 0 Å². The maximum atomic E-state index is 12.7. The van der Waals surface area contributed by atoms with Crippen molar-refractivity contribution in [3.63, 3.8) is 0 Å². The molecule has 0 aromatic heterocycles. The summed E-state index contributed by atoms with van der Waals surface area (Å²) in [5, 5.41) is 4.17. The van der Waals surface area contributed by atoms with Crippen molar-refractivity contribution in [2.75, 3.05) is 32.0 Å². The van der Waals surface area contributed by atoms with E-state index in [1.54, 1.807) is 5.32 Å². The van der Waals surface area contributed by atoms with Crippen molar-refractivity contribution in [2.24, 2.45) is 0 Å². The van der Waals surface area contributed by atoms with Gasteiger partial charge in [0.2, 0.25) is 11.8 Å². The zero-order valence-electron chi connectivity index (χ0n) is 11.7. The number of hydrogen-bond donors (Lipinski definition) is 2. The second-order valence-electron chi connectivity index (χ2n) is 4.62. The van der Waals surface area contributed by atoms with Crippen LogP contribution in [0, 0.1) is 5.82 Å². The van der Waals surface area contributed by atoms with E-state index < -0.39 is 30.4 Å². The van der Waals surface area contributed by atoms with Crippen molar-refractivity contribution in [3.05, 3.63) is 30.1 Å². The maximum Gasteiger partial charge on any atom is 0.405 e. The number of amides is 2. The van der Waals surface area contributed by atoms with Crippen molar-refractivity contribution in [1.29, 1.82) is 0 Å². The Morgan fingerprint density at radius 2 is 1.64 bits per heavy atom. The molecule has 0 saturated carbocycles. The lowest BCUT2D eigenvalue weighted by atomic mass is 10.3. The van der Waals surface area contributed by atoms with Gasteiger partial charge < -0.3 is 10.6 Å². The fourth-order valence-corrected chi connectivity index (χ4v) is 1.53. The summed E-state index contributed by atoms with van der Waals surface area (Å²) >= 11 is 0. The second-order valence-corrected chi connectivity index (χ2v) is 4.62. The van der Waals surface area contributed by atoms with Crippen LogP contribution in [0.3, 0.4) is 0 Å². The fraction of sp³-hybridized carbons (Fsp3) is 0.385. The van der Waals surface area contributed by atoms with Gasteiger partial charge in [-0.1, -0.05) is 0 Å². The Labute approximate surface area is 124 Å². The van der Waals surface area contributed by atoms with Crippen LogP contribution in [0.25, 0.3) is 0 Å². The molecule has 0 aliphatic rings. The highest BCUT2D eigenvalue weighted by molar-refractivity contribution is 5.92. The molecule has 0 heterocycles. The first-order valence-corrected chi connectivity index (χ1v) is 6.23. The third-order valence-electron chi connectivity index (χ3n) is 2.44. The number of carbonyl (C=O) groups is 2. The minimum absolute atomic E-state index is 0.198. The molecule has 0 fully saturated rings. The number of likely N-dealkylation sites (N-methyl/N-ethyl adjacent to an activating group) is 1. The first kappa shape index (κ1) is 17.9. The Morgan fingerprint density at radius 3 is 2.18 bits per heavy atom. The van der Waals surface area contributed by atoms with Crippen LogP contribution in [-0.4, -0.2) is 49.6 Å². The number of nitrogens with zero attached hydrogens (tertiary/aromatic N) is 1. The fourth-order valence-electron chi connectivity index (χ4n) is 1.53. The maximum absolute atomic E-state index is 12.7. The first-order chi connectivity index (χ1) is 10.2. The third-order valence-corrected chi connectivity index (χ3v) is 2.44. The van der Waals surface area contributed by atoms with Crippen LogP contribution in [0.2, 0.25) is 0 Å². The average Bonchev–Trinajstić information content (AvgIpc) is 2.38. The molecule has 0 bridgehead atoms. The Balaban J connectivity index is 2.34. The summed E-state index contributed by atoms with van der Waals surface area (Å²) in [5.74, 6) is -1.76. The van der Waals surface area contributed by atoms with Gasteiger partial charge in [-0.15, -0.1) is 0 Å². The van der Waals surface area contributed by atoms with Crippen LogP contribution in [0.5, 0.6) is 0 Å². The number of nitrogens with one attached hydrogen (secondary N) is 2. The molecule has 0 saturated heterocycles. The van der Waals surface area contributed by atoms with Crippen molar-refractivity contribution in [3.8, 4) is 0 Å². The summed E-state index contributed by atoms with van der Waals surface area (Å²) in [5.41, 5.74) is 0.376. The number of halogens is 4. The molecular formula is C13H15F4N3O2. The highest BCUT2D eigenvalue weighted by Crippen LogP contribution is 2.12. The smallest absolute Gasteiger partial charge is 0.346 e. The van der Waals surface area contributed by atoms with E-state index in [9.17, 15) is 27.2 Å². The number of anilines is 1. The molecule has 2 N–H and O–H groups in total. The predicted molar refractivity (Wildman–Crippen MR) is 71.6 cm³/mol. The molecule has 0 unspecified atom stereocenters. The third kappa shape index (κ3) is 7.58. The molecule has 0 radical (unpaired) electrons. The monoisotopic (exact) mass is 321 g/mol. The Bertz CT molecular complexity index is 517. The van der Waals surface area contributed by atoms with Crippen LogP contribution in [0.15, 0.2) is 24.3 Å². The minimum atomic E-state index is -4.48. The van der Waals surface area contributed by atoms with Crippen LogP contribution in [0.1, 0.15) is 0 Å². The Kier molecular flexibility index (Phi) is 6.29. The van der Waals surface area contributed by atoms with Gasteiger partial charge in [0.1, 0.15) is 12.4 Å². The first-order valence-electron chi connectivity index (χ1n) is 6.23. The van der Waals surface area contributed by atoms with Gasteiger partial charge >= 0.3 is 6.18 Å². The van der Waals surface area contributed by atoms with Crippen LogP contribution in [-0.2, 0) is 9.59 Å². The Hall–Kier alpha value is -2.16. The van der Waals surface area contributed by atoms with Crippen LogP contribution < -0.4 is 10.6 Å². The lowest BCUT2D eigenvalue weighted by Crippen LogP contribution is -2.41. The molecule has 1 aromatic carbocycles. The van der Waals surface area contributed by atoms with Gasteiger partial charge in [0.05, 0.1) is 13.1 Å². The van der Waals surface area contributed by atoms with E-state index >= 15 is 0 Å². The van der Waals surface area contributed by atoms with E-state index in [2.05, 4.69) is 5.32 Å². The topological polar surface area (TPSA) is 61.4 Å². The second kappa shape index (κ2) is 7.74. The SMILES string of the molecule is CN(CC(=O)NCC(F)(F)F)CC(=O)Nc1ccc(F)cc1. The summed E-state index contributed by atoms with van der Waals surface area (Å²) in [4.78, 5) is 24.2. The van der Waals surface area contributed by atoms with Crippen molar-refractivity contribution < 1.29 is 27.2 Å². The lowest BCUT2D eigenvalue weighted by molar-refractivity contribution is -0.139. The quantitative estimate of drug-likeness (QED) is 0.778. The minimum Gasteiger partial charge on any atom is -0.346 e. The van der Waals surface area contributed by atoms with Crippen molar-refractivity contribution in [2.45, 2.75) is 6.18 Å². The number of hydrogen-bond acceptors (Lipinski definition) is 3. The summed E-state index contributed by atoms with van der Waals surface area (Å²) in [7, 11) is 1.41. The van der Waals surface area contributed by atoms with Crippen LogP contribution >= 0.6 is 0 Å². The number of carbonyl (C=O) groups excluding carboxylic acids is 2. The van der Waals surface area contributed by atoms with E-state index in [1.165, 1.54) is 36.2 Å². The van der Waals surface area contributed by atoms with Gasteiger partial charge in [-0.3, -0.25) is 14.5 Å². The molecule has 22 heavy (non-hydrogen) atoms. The molecule has 122 valence electrons. The molecule has 0 aliphatic carbocycles. The normalized spacial score (nSPS) is 11.4. The molecule has 0 aliphatic heterocycles. The molecule has 2 amide bonds. The van der Waals surface area contributed by atoms with Gasteiger partial charge in [0.25, 0.3) is 0 Å². The average molecular weight is 321 g/mol. The molecule has 1 aromatic rings. The predicted octanol–water partition coefficient (Wildman–Crippen LogP) is 1.37. The van der Waals surface area contributed by atoms with E-state index in [0.29, 0.717) is 5.69 Å². The van der Waals surface area contributed by atoms with Gasteiger partial charge in [-0.05, 0) is 31.3 Å². The summed E-state index contributed by atoms with van der Waals surface area (Å²) in [6, 6.07) is 5.07. The number of benzene rings is 1. The highest BCUT2D eigenvalue weighted by Gasteiger charge is 2.27. The summed E-state index contributed by atoms with van der Waals surface area (Å²) < 4.78 is 48.4. The molecule has 9 heteroatoms. The van der Waals surface area contributed by atoms with Gasteiger partial charge in [0.15, 0.2) is 0 Å². The van der Waals surface area contributed by atoms with Gasteiger partial charge in [0, 0.05) is 5.69 Å². The van der Waals surface area contributed by atoms with Gasteiger partial charge in [-0.25, -0.2) is 4.39 Å². The highest BCUT2D eigenvalue weighted by atomic mass is 19.4. The molecule has 1 rings (SSSR count). The lowest BCUT2D eigenvalue weighted by Gasteiger charge is -2.16. The molecule has 5 nitrogen and oxygen atoms in total. The molecular weight excluding hydrogens is 306 g/mol. The molecule has 0 spiro atoms.